The lowest BCUT2D eigenvalue weighted by molar-refractivity contribution is 0.407. The highest BCUT2D eigenvalue weighted by Crippen LogP contribution is 2.20. The Morgan fingerprint density at radius 3 is 2.71 bits per heavy atom. The van der Waals surface area contributed by atoms with Crippen LogP contribution < -0.4 is 10.0 Å². The highest BCUT2D eigenvalue weighted by molar-refractivity contribution is 7.89. The van der Waals surface area contributed by atoms with Crippen molar-refractivity contribution in [2.75, 3.05) is 27.2 Å². The number of sulfonamides is 1. The molecule has 1 aliphatic heterocycles. The van der Waals surface area contributed by atoms with Gasteiger partial charge in [-0.15, -0.1) is 0 Å². The Balaban J connectivity index is 2.27. The van der Waals surface area contributed by atoms with Crippen LogP contribution in [0.5, 0.6) is 0 Å². The van der Waals surface area contributed by atoms with E-state index in [2.05, 4.69) is 14.9 Å². The van der Waals surface area contributed by atoms with Crippen LogP contribution in [0.1, 0.15) is 24.5 Å². The van der Waals surface area contributed by atoms with Crippen LogP contribution >= 0.6 is 0 Å². The molecule has 0 spiro atoms. The van der Waals surface area contributed by atoms with Gasteiger partial charge in [0.15, 0.2) is 0 Å². The molecular weight excluding hydrogens is 286 g/mol. The number of hydrogen-bond donors (Lipinski definition) is 2. The van der Waals surface area contributed by atoms with Crippen molar-refractivity contribution in [1.29, 1.82) is 0 Å². The maximum absolute atomic E-state index is 12.7. The van der Waals surface area contributed by atoms with E-state index in [0.29, 0.717) is 17.9 Å². The molecule has 1 aliphatic rings. The lowest BCUT2D eigenvalue weighted by Crippen LogP contribution is -2.37. The first-order valence-corrected chi connectivity index (χ1v) is 8.92. The number of likely N-dealkylation sites (tertiary alicyclic amines) is 1. The van der Waals surface area contributed by atoms with E-state index in [1.54, 1.807) is 6.07 Å². The van der Waals surface area contributed by atoms with E-state index in [9.17, 15) is 8.42 Å². The number of rotatable bonds is 6. The lowest BCUT2D eigenvalue weighted by atomic mass is 10.1. The summed E-state index contributed by atoms with van der Waals surface area (Å²) in [6.07, 6.45) is 1.58. The molecule has 1 saturated heterocycles. The number of aryl methyl sites for hydroxylation is 1. The highest BCUT2D eigenvalue weighted by Gasteiger charge is 2.26. The van der Waals surface area contributed by atoms with E-state index in [4.69, 9.17) is 0 Å². The van der Waals surface area contributed by atoms with E-state index >= 15 is 0 Å². The minimum absolute atomic E-state index is 0.0117. The minimum Gasteiger partial charge on any atom is -0.316 e. The second-order valence-electron chi connectivity index (χ2n) is 5.70. The summed E-state index contributed by atoms with van der Waals surface area (Å²) in [6.45, 7) is 4.36. The maximum atomic E-state index is 12.7. The second-order valence-corrected chi connectivity index (χ2v) is 7.38. The molecule has 1 unspecified atom stereocenters. The number of benzene rings is 1. The zero-order valence-electron chi connectivity index (χ0n) is 13.0. The molecule has 2 rings (SSSR count). The van der Waals surface area contributed by atoms with Crippen LogP contribution in [0.4, 0.5) is 0 Å². The smallest absolute Gasteiger partial charge is 0.241 e. The van der Waals surface area contributed by atoms with Gasteiger partial charge in [0.25, 0.3) is 0 Å². The molecule has 0 saturated carbocycles. The molecule has 1 atom stereocenters. The van der Waals surface area contributed by atoms with E-state index in [0.717, 1.165) is 30.6 Å². The van der Waals surface area contributed by atoms with Crippen molar-refractivity contribution < 1.29 is 8.42 Å². The molecule has 0 aliphatic carbocycles. The van der Waals surface area contributed by atoms with Crippen molar-refractivity contribution in [1.82, 2.24) is 14.9 Å². The van der Waals surface area contributed by atoms with Crippen molar-refractivity contribution in [3.05, 3.63) is 29.3 Å². The standard InChI is InChI=1S/C15H25N3O2S/c1-4-13-6-5-12(10-16-2)9-15(13)21(19,20)17-14-7-8-18(3)11-14/h5-6,9,14,16-17H,4,7-8,10-11H2,1-3H3. The van der Waals surface area contributed by atoms with Crippen LogP contribution in [0.25, 0.3) is 0 Å². The molecule has 118 valence electrons. The van der Waals surface area contributed by atoms with Gasteiger partial charge >= 0.3 is 0 Å². The van der Waals surface area contributed by atoms with Crippen molar-refractivity contribution in [2.45, 2.75) is 37.2 Å². The maximum Gasteiger partial charge on any atom is 0.241 e. The van der Waals surface area contributed by atoms with Gasteiger partial charge in [-0.2, -0.15) is 0 Å². The van der Waals surface area contributed by atoms with Gasteiger partial charge in [-0.25, -0.2) is 13.1 Å². The number of likely N-dealkylation sites (N-methyl/N-ethyl adjacent to an activating group) is 1. The van der Waals surface area contributed by atoms with E-state index in [-0.39, 0.29) is 6.04 Å². The number of nitrogens with one attached hydrogen (secondary N) is 2. The van der Waals surface area contributed by atoms with Crippen molar-refractivity contribution in [2.24, 2.45) is 0 Å². The normalized spacial score (nSPS) is 20.0. The first-order chi connectivity index (χ1) is 9.96. The van der Waals surface area contributed by atoms with Gasteiger partial charge < -0.3 is 10.2 Å². The van der Waals surface area contributed by atoms with Gasteiger partial charge in [0.2, 0.25) is 10.0 Å². The topological polar surface area (TPSA) is 61.4 Å². The third kappa shape index (κ3) is 4.03. The summed E-state index contributed by atoms with van der Waals surface area (Å²) in [5, 5.41) is 3.06. The molecule has 1 heterocycles. The van der Waals surface area contributed by atoms with Crippen LogP contribution in [0.2, 0.25) is 0 Å². The molecule has 0 radical (unpaired) electrons. The Hall–Kier alpha value is -0.950. The molecule has 1 aromatic rings. The van der Waals surface area contributed by atoms with Crippen LogP contribution in [0.15, 0.2) is 23.1 Å². The fourth-order valence-electron chi connectivity index (χ4n) is 2.77. The Bertz CT molecular complexity index is 587. The zero-order valence-corrected chi connectivity index (χ0v) is 13.8. The molecule has 21 heavy (non-hydrogen) atoms. The van der Waals surface area contributed by atoms with Crippen LogP contribution in [0.3, 0.4) is 0 Å². The van der Waals surface area contributed by atoms with Gasteiger partial charge in [0.05, 0.1) is 4.90 Å². The molecule has 0 amide bonds. The monoisotopic (exact) mass is 311 g/mol. The first kappa shape index (κ1) is 16.4. The van der Waals surface area contributed by atoms with Crippen molar-refractivity contribution >= 4 is 10.0 Å². The Kier molecular flexibility index (Phi) is 5.37. The third-order valence-corrected chi connectivity index (χ3v) is 5.50. The summed E-state index contributed by atoms with van der Waals surface area (Å²) < 4.78 is 28.2. The van der Waals surface area contributed by atoms with Gasteiger partial charge in [0, 0.05) is 19.1 Å². The molecule has 0 bridgehead atoms. The summed E-state index contributed by atoms with van der Waals surface area (Å²) >= 11 is 0. The van der Waals surface area contributed by atoms with Gasteiger partial charge in [0.1, 0.15) is 0 Å². The fourth-order valence-corrected chi connectivity index (χ4v) is 4.39. The zero-order chi connectivity index (χ0) is 15.5. The Morgan fingerprint density at radius 2 is 2.14 bits per heavy atom. The quantitative estimate of drug-likeness (QED) is 0.821. The summed E-state index contributed by atoms with van der Waals surface area (Å²) in [4.78, 5) is 2.57. The van der Waals surface area contributed by atoms with E-state index in [1.807, 2.05) is 33.2 Å². The summed E-state index contributed by atoms with van der Waals surface area (Å²) in [6, 6.07) is 5.70. The average molecular weight is 311 g/mol. The fraction of sp³-hybridized carbons (Fsp3) is 0.600. The molecule has 1 fully saturated rings. The van der Waals surface area contributed by atoms with Gasteiger partial charge in [-0.3, -0.25) is 0 Å². The SMILES string of the molecule is CCc1ccc(CNC)cc1S(=O)(=O)NC1CCN(C)C1. The summed E-state index contributed by atoms with van der Waals surface area (Å²) in [7, 11) is 0.414. The molecule has 1 aromatic carbocycles. The molecule has 6 heteroatoms. The molecule has 2 N–H and O–H groups in total. The predicted octanol–water partition coefficient (Wildman–Crippen LogP) is 0.951. The second kappa shape index (κ2) is 6.87. The third-order valence-electron chi connectivity index (χ3n) is 3.90. The van der Waals surface area contributed by atoms with Crippen molar-refractivity contribution in [3.8, 4) is 0 Å². The predicted molar refractivity (Wildman–Crippen MR) is 84.8 cm³/mol. The van der Waals surface area contributed by atoms with Crippen LogP contribution in [0, 0.1) is 0 Å². The molecular formula is C15H25N3O2S. The highest BCUT2D eigenvalue weighted by atomic mass is 32.2. The number of nitrogens with zero attached hydrogens (tertiary/aromatic N) is 1. The van der Waals surface area contributed by atoms with Gasteiger partial charge in [-0.1, -0.05) is 19.1 Å². The summed E-state index contributed by atoms with van der Waals surface area (Å²) in [5.74, 6) is 0. The van der Waals surface area contributed by atoms with Crippen molar-refractivity contribution in [3.63, 3.8) is 0 Å². The Labute approximate surface area is 127 Å². The van der Waals surface area contributed by atoms with Crippen LogP contribution in [-0.2, 0) is 23.0 Å². The average Bonchev–Trinajstić information content (AvgIpc) is 2.83. The summed E-state index contributed by atoms with van der Waals surface area (Å²) in [5.41, 5.74) is 1.85. The number of hydrogen-bond acceptors (Lipinski definition) is 4. The minimum atomic E-state index is -3.46. The van der Waals surface area contributed by atoms with E-state index < -0.39 is 10.0 Å². The van der Waals surface area contributed by atoms with Crippen LogP contribution in [-0.4, -0.2) is 46.5 Å². The van der Waals surface area contributed by atoms with E-state index in [1.165, 1.54) is 0 Å². The van der Waals surface area contributed by atoms with Gasteiger partial charge in [-0.05, 0) is 50.7 Å². The lowest BCUT2D eigenvalue weighted by Gasteiger charge is -2.16. The Morgan fingerprint density at radius 1 is 1.38 bits per heavy atom. The molecule has 0 aromatic heterocycles. The molecule has 5 nitrogen and oxygen atoms in total. The first-order valence-electron chi connectivity index (χ1n) is 7.43. The largest absolute Gasteiger partial charge is 0.316 e.